The lowest BCUT2D eigenvalue weighted by molar-refractivity contribution is -0.188. The van der Waals surface area contributed by atoms with Crippen molar-refractivity contribution in [3.05, 3.63) is 29.8 Å². The zero-order chi connectivity index (χ0) is 18.9. The van der Waals surface area contributed by atoms with Gasteiger partial charge in [0, 0.05) is 0 Å². The van der Waals surface area contributed by atoms with E-state index in [4.69, 9.17) is 14.6 Å². The molecule has 0 bridgehead atoms. The van der Waals surface area contributed by atoms with Crippen molar-refractivity contribution < 1.29 is 29.3 Å². The first-order chi connectivity index (χ1) is 12.5. The minimum Gasteiger partial charge on any atom is -0.479 e. The second kappa shape index (κ2) is 10.2. The lowest BCUT2D eigenvalue weighted by Crippen LogP contribution is -2.47. The third-order valence-electron chi connectivity index (χ3n) is 4.71. The first kappa shape index (κ1) is 20.2. The molecule has 26 heavy (non-hydrogen) atoms. The molecule has 0 aliphatic carbocycles. The van der Waals surface area contributed by atoms with Gasteiger partial charge in [-0.3, -0.25) is 4.79 Å². The van der Waals surface area contributed by atoms with E-state index in [1.54, 1.807) is 6.07 Å². The standard InChI is InChI=1S/C20H28O6/c1-2-3-4-5-9-18(19(22)23)25-15-8-6-7-14(12-15)10-11-17-16(13-21)20(24)26-17/h6-8,12,16-18,21H,2-5,9-11,13H2,1H3,(H,22,23)/t16-,17-,18?/m0/s1. The van der Waals surface area contributed by atoms with Crippen LogP contribution in [0, 0.1) is 5.92 Å². The monoisotopic (exact) mass is 364 g/mol. The first-order valence-electron chi connectivity index (χ1n) is 9.35. The highest BCUT2D eigenvalue weighted by atomic mass is 16.6. The van der Waals surface area contributed by atoms with Crippen LogP contribution in [0.15, 0.2) is 24.3 Å². The number of aliphatic hydroxyl groups is 1. The molecule has 0 spiro atoms. The Balaban J connectivity index is 1.86. The largest absolute Gasteiger partial charge is 0.479 e. The van der Waals surface area contributed by atoms with Gasteiger partial charge in [-0.05, 0) is 43.4 Å². The van der Waals surface area contributed by atoms with Crippen LogP contribution in [0.5, 0.6) is 5.75 Å². The van der Waals surface area contributed by atoms with Gasteiger partial charge in [-0.25, -0.2) is 4.79 Å². The van der Waals surface area contributed by atoms with Crippen molar-refractivity contribution in [1.29, 1.82) is 0 Å². The predicted molar refractivity (Wildman–Crippen MR) is 96.0 cm³/mol. The maximum Gasteiger partial charge on any atom is 0.344 e. The average Bonchev–Trinajstić information content (AvgIpc) is 2.61. The van der Waals surface area contributed by atoms with Crippen molar-refractivity contribution in [3.8, 4) is 5.75 Å². The fraction of sp³-hybridized carbons (Fsp3) is 0.600. The quantitative estimate of drug-likeness (QED) is 0.437. The Morgan fingerprint density at radius 2 is 2.12 bits per heavy atom. The maximum atomic E-state index is 11.4. The van der Waals surface area contributed by atoms with Crippen molar-refractivity contribution >= 4 is 11.9 Å². The van der Waals surface area contributed by atoms with E-state index in [0.717, 1.165) is 31.2 Å². The molecule has 0 radical (unpaired) electrons. The first-order valence-corrected chi connectivity index (χ1v) is 9.35. The van der Waals surface area contributed by atoms with Crippen LogP contribution in [0.3, 0.4) is 0 Å². The number of hydrogen-bond acceptors (Lipinski definition) is 5. The molecule has 1 unspecified atom stereocenters. The highest BCUT2D eigenvalue weighted by Gasteiger charge is 2.41. The molecule has 0 saturated carbocycles. The van der Waals surface area contributed by atoms with Gasteiger partial charge in [0.25, 0.3) is 0 Å². The van der Waals surface area contributed by atoms with E-state index in [0.29, 0.717) is 25.0 Å². The smallest absolute Gasteiger partial charge is 0.344 e. The van der Waals surface area contributed by atoms with Crippen LogP contribution in [-0.2, 0) is 20.7 Å². The maximum absolute atomic E-state index is 11.4. The fourth-order valence-corrected chi connectivity index (χ4v) is 3.09. The number of cyclic esters (lactones) is 1. The van der Waals surface area contributed by atoms with Crippen molar-refractivity contribution in [2.45, 2.75) is 64.1 Å². The number of carbonyl (C=O) groups is 2. The Hall–Kier alpha value is -2.08. The van der Waals surface area contributed by atoms with E-state index < -0.39 is 18.0 Å². The van der Waals surface area contributed by atoms with E-state index in [1.165, 1.54) is 0 Å². The summed E-state index contributed by atoms with van der Waals surface area (Å²) in [7, 11) is 0. The number of carbonyl (C=O) groups excluding carboxylic acids is 1. The van der Waals surface area contributed by atoms with Crippen molar-refractivity contribution in [2.75, 3.05) is 6.61 Å². The second-order valence-electron chi connectivity index (χ2n) is 6.74. The molecule has 144 valence electrons. The van der Waals surface area contributed by atoms with Crippen LogP contribution in [0.4, 0.5) is 0 Å². The van der Waals surface area contributed by atoms with Gasteiger partial charge < -0.3 is 19.7 Å². The number of esters is 1. The fourth-order valence-electron chi connectivity index (χ4n) is 3.09. The molecule has 2 rings (SSSR count). The number of unbranched alkanes of at least 4 members (excludes halogenated alkanes) is 3. The molecule has 0 amide bonds. The molecule has 0 aromatic heterocycles. The minimum absolute atomic E-state index is 0.190. The summed E-state index contributed by atoms with van der Waals surface area (Å²) in [6.45, 7) is 1.93. The Kier molecular flexibility index (Phi) is 7.91. The number of aliphatic carboxylic acids is 1. The van der Waals surface area contributed by atoms with E-state index in [1.807, 2.05) is 18.2 Å². The van der Waals surface area contributed by atoms with Crippen LogP contribution in [-0.4, -0.2) is 41.0 Å². The van der Waals surface area contributed by atoms with Crippen molar-refractivity contribution in [3.63, 3.8) is 0 Å². The molecule has 1 aliphatic heterocycles. The van der Waals surface area contributed by atoms with Gasteiger partial charge in [0.15, 0.2) is 6.10 Å². The van der Waals surface area contributed by atoms with Gasteiger partial charge in [-0.15, -0.1) is 0 Å². The summed E-state index contributed by atoms with van der Waals surface area (Å²) < 4.78 is 10.7. The predicted octanol–water partition coefficient (Wildman–Crippen LogP) is 2.96. The van der Waals surface area contributed by atoms with Gasteiger partial charge in [-0.1, -0.05) is 38.3 Å². The van der Waals surface area contributed by atoms with E-state index >= 15 is 0 Å². The third kappa shape index (κ3) is 5.73. The highest BCUT2D eigenvalue weighted by molar-refractivity contribution is 5.78. The lowest BCUT2D eigenvalue weighted by Gasteiger charge is -2.33. The molecule has 3 atom stereocenters. The molecule has 6 heteroatoms. The second-order valence-corrected chi connectivity index (χ2v) is 6.74. The molecular weight excluding hydrogens is 336 g/mol. The Morgan fingerprint density at radius 1 is 1.31 bits per heavy atom. The molecule has 1 saturated heterocycles. The average molecular weight is 364 g/mol. The van der Waals surface area contributed by atoms with E-state index in [9.17, 15) is 14.7 Å². The number of rotatable bonds is 12. The zero-order valence-electron chi connectivity index (χ0n) is 15.2. The summed E-state index contributed by atoms with van der Waals surface area (Å²) in [4.78, 5) is 22.6. The SMILES string of the molecule is CCCCCCC(Oc1cccc(CC[C@@H]2OC(=O)[C@H]2CO)c1)C(=O)O. The van der Waals surface area contributed by atoms with Gasteiger partial charge in [-0.2, -0.15) is 0 Å². The topological polar surface area (TPSA) is 93.1 Å². The number of aryl methyl sites for hydroxylation is 1. The van der Waals surface area contributed by atoms with Gasteiger partial charge in [0.2, 0.25) is 0 Å². The lowest BCUT2D eigenvalue weighted by atomic mass is 9.92. The van der Waals surface area contributed by atoms with Crippen LogP contribution < -0.4 is 4.74 Å². The van der Waals surface area contributed by atoms with Crippen molar-refractivity contribution in [2.24, 2.45) is 5.92 Å². The molecule has 6 nitrogen and oxygen atoms in total. The number of hydrogen-bond donors (Lipinski definition) is 2. The Morgan fingerprint density at radius 3 is 2.77 bits per heavy atom. The molecule has 1 aromatic rings. The van der Waals surface area contributed by atoms with Crippen LogP contribution in [0.2, 0.25) is 0 Å². The minimum atomic E-state index is -0.945. The summed E-state index contributed by atoms with van der Waals surface area (Å²) in [5.74, 6) is -1.18. The summed E-state index contributed by atoms with van der Waals surface area (Å²) in [6, 6.07) is 7.34. The van der Waals surface area contributed by atoms with Gasteiger partial charge in [0.05, 0.1) is 6.61 Å². The normalized spacial score (nSPS) is 20.2. The van der Waals surface area contributed by atoms with Crippen LogP contribution in [0.1, 0.15) is 51.0 Å². The zero-order valence-corrected chi connectivity index (χ0v) is 15.2. The van der Waals surface area contributed by atoms with Gasteiger partial charge in [0.1, 0.15) is 17.8 Å². The summed E-state index contributed by atoms with van der Waals surface area (Å²) in [5, 5.41) is 18.5. The van der Waals surface area contributed by atoms with E-state index in [2.05, 4.69) is 6.92 Å². The Labute approximate surface area is 154 Å². The molecular formula is C20H28O6. The molecule has 1 aliphatic rings. The number of aliphatic hydroxyl groups excluding tert-OH is 1. The number of carboxylic acids is 1. The van der Waals surface area contributed by atoms with E-state index in [-0.39, 0.29) is 18.7 Å². The van der Waals surface area contributed by atoms with Gasteiger partial charge >= 0.3 is 11.9 Å². The molecule has 1 heterocycles. The van der Waals surface area contributed by atoms with Crippen molar-refractivity contribution in [1.82, 2.24) is 0 Å². The highest BCUT2D eigenvalue weighted by Crippen LogP contribution is 2.27. The number of benzene rings is 1. The van der Waals surface area contributed by atoms with Crippen LogP contribution >= 0.6 is 0 Å². The summed E-state index contributed by atoms with van der Waals surface area (Å²) in [6.07, 6.45) is 4.75. The summed E-state index contributed by atoms with van der Waals surface area (Å²) in [5.41, 5.74) is 0.984. The molecule has 2 N–H and O–H groups in total. The number of carboxylic acid groups (broad SMARTS) is 1. The van der Waals surface area contributed by atoms with Crippen LogP contribution in [0.25, 0.3) is 0 Å². The Bertz CT molecular complexity index is 600. The summed E-state index contributed by atoms with van der Waals surface area (Å²) >= 11 is 0. The number of ether oxygens (including phenoxy) is 2. The molecule has 1 fully saturated rings. The molecule has 1 aromatic carbocycles. The third-order valence-corrected chi connectivity index (χ3v) is 4.71.